The monoisotopic (exact) mass is 148 g/mol. The van der Waals surface area contributed by atoms with Crippen molar-refractivity contribution in [2.24, 2.45) is 0 Å². The summed E-state index contributed by atoms with van der Waals surface area (Å²) in [6, 6.07) is 0. The Labute approximate surface area is 69.6 Å². The van der Waals surface area contributed by atoms with Gasteiger partial charge < -0.3 is 0 Å². The highest BCUT2D eigenvalue weighted by Crippen LogP contribution is 2.04. The Morgan fingerprint density at radius 3 is 2.18 bits per heavy atom. The largest absolute Gasteiger partial charge is 0.0958 e. The molecule has 0 heterocycles. The van der Waals surface area contributed by atoms with Gasteiger partial charge in [-0.15, -0.1) is 0 Å². The fourth-order valence-electron chi connectivity index (χ4n) is 0.517. The third-order valence-electron chi connectivity index (χ3n) is 1.43. The highest BCUT2D eigenvalue weighted by Gasteiger charge is 1.83. The lowest BCUT2D eigenvalue weighted by atomic mass is 10.1. The van der Waals surface area contributed by atoms with Crippen molar-refractivity contribution in [3.05, 3.63) is 48.1 Å². The van der Waals surface area contributed by atoms with Crippen LogP contribution in [0.5, 0.6) is 0 Å². The van der Waals surface area contributed by atoms with Crippen molar-refractivity contribution in [2.45, 2.75) is 20.8 Å². The molecule has 0 radical (unpaired) electrons. The van der Waals surface area contributed by atoms with Crippen molar-refractivity contribution >= 4 is 0 Å². The van der Waals surface area contributed by atoms with Gasteiger partial charge in [0.2, 0.25) is 0 Å². The molecule has 0 N–H and O–H groups in total. The Kier molecular flexibility index (Phi) is 5.18. The fraction of sp³-hybridized carbons (Fsp3) is 0.273. The van der Waals surface area contributed by atoms with E-state index in [0.29, 0.717) is 0 Å². The molecule has 0 heteroatoms. The van der Waals surface area contributed by atoms with Crippen LogP contribution in [0.2, 0.25) is 0 Å². The van der Waals surface area contributed by atoms with E-state index < -0.39 is 0 Å². The Bertz CT molecular complexity index is 202. The van der Waals surface area contributed by atoms with Crippen LogP contribution in [-0.4, -0.2) is 0 Å². The molecule has 0 atom stereocenters. The van der Waals surface area contributed by atoms with Gasteiger partial charge in [-0.1, -0.05) is 42.5 Å². The van der Waals surface area contributed by atoms with Gasteiger partial charge in [0.1, 0.15) is 0 Å². The zero-order valence-electron chi connectivity index (χ0n) is 7.59. The molecular formula is C11H16. The second-order valence-corrected chi connectivity index (χ2v) is 2.54. The highest BCUT2D eigenvalue weighted by atomic mass is 13.9. The predicted molar refractivity (Wildman–Crippen MR) is 52.5 cm³/mol. The molecule has 0 aliphatic rings. The number of allylic oxidation sites excluding steroid dienone is 7. The van der Waals surface area contributed by atoms with E-state index in [9.17, 15) is 0 Å². The van der Waals surface area contributed by atoms with Gasteiger partial charge in [-0.3, -0.25) is 0 Å². The van der Waals surface area contributed by atoms with Gasteiger partial charge in [0, 0.05) is 0 Å². The van der Waals surface area contributed by atoms with Crippen LogP contribution < -0.4 is 0 Å². The Balaban J connectivity index is 4.01. The fourth-order valence-corrected chi connectivity index (χ4v) is 0.517. The average molecular weight is 148 g/mol. The summed E-state index contributed by atoms with van der Waals surface area (Å²) in [5.74, 6) is 0. The second kappa shape index (κ2) is 5.72. The summed E-state index contributed by atoms with van der Waals surface area (Å²) < 4.78 is 0. The standard InChI is InChI=1S/C11H16/c1-5-6-7-8-9-11(4)10(2)3/h5-9H,2H2,1,3-4H3/b6-5-,8-7-,11-9+. The smallest absolute Gasteiger partial charge is 0.0395 e. The minimum atomic E-state index is 1.12. The van der Waals surface area contributed by atoms with Gasteiger partial charge in [-0.2, -0.15) is 0 Å². The molecule has 11 heavy (non-hydrogen) atoms. The first-order chi connectivity index (χ1) is 5.18. The molecule has 0 aromatic heterocycles. The first kappa shape index (κ1) is 9.96. The molecule has 0 nitrogen and oxygen atoms in total. The van der Waals surface area contributed by atoms with E-state index in [-0.39, 0.29) is 0 Å². The molecule has 60 valence electrons. The van der Waals surface area contributed by atoms with Crippen LogP contribution in [0.25, 0.3) is 0 Å². The molecule has 0 bridgehead atoms. The topological polar surface area (TPSA) is 0 Å². The normalized spacial score (nSPS) is 13.2. The zero-order chi connectivity index (χ0) is 8.69. The summed E-state index contributed by atoms with van der Waals surface area (Å²) in [6.07, 6.45) is 10.1. The quantitative estimate of drug-likeness (QED) is 0.536. The maximum Gasteiger partial charge on any atom is -0.0395 e. The van der Waals surface area contributed by atoms with Gasteiger partial charge >= 0.3 is 0 Å². The highest BCUT2D eigenvalue weighted by molar-refractivity contribution is 5.28. The summed E-state index contributed by atoms with van der Waals surface area (Å²) in [5, 5.41) is 0. The first-order valence-electron chi connectivity index (χ1n) is 3.80. The van der Waals surface area contributed by atoms with Crippen molar-refractivity contribution < 1.29 is 0 Å². The molecular weight excluding hydrogens is 132 g/mol. The molecule has 0 aromatic carbocycles. The number of hydrogen-bond acceptors (Lipinski definition) is 0. The van der Waals surface area contributed by atoms with Gasteiger partial charge in [-0.25, -0.2) is 0 Å². The van der Waals surface area contributed by atoms with Gasteiger partial charge in [-0.05, 0) is 26.3 Å². The molecule has 0 unspecified atom stereocenters. The zero-order valence-corrected chi connectivity index (χ0v) is 7.59. The van der Waals surface area contributed by atoms with E-state index in [1.807, 2.05) is 38.2 Å². The van der Waals surface area contributed by atoms with Crippen molar-refractivity contribution in [1.29, 1.82) is 0 Å². The van der Waals surface area contributed by atoms with Crippen LogP contribution in [0.1, 0.15) is 20.8 Å². The van der Waals surface area contributed by atoms with Crippen molar-refractivity contribution in [2.75, 3.05) is 0 Å². The summed E-state index contributed by atoms with van der Waals surface area (Å²) >= 11 is 0. The van der Waals surface area contributed by atoms with E-state index in [1.54, 1.807) is 0 Å². The Morgan fingerprint density at radius 2 is 1.73 bits per heavy atom. The Hall–Kier alpha value is -1.04. The maximum absolute atomic E-state index is 3.83. The third kappa shape index (κ3) is 5.41. The van der Waals surface area contributed by atoms with E-state index in [2.05, 4.69) is 19.6 Å². The van der Waals surface area contributed by atoms with Crippen molar-refractivity contribution in [3.63, 3.8) is 0 Å². The summed E-state index contributed by atoms with van der Waals surface area (Å²) in [7, 11) is 0. The molecule has 0 aromatic rings. The summed E-state index contributed by atoms with van der Waals surface area (Å²) in [5.41, 5.74) is 2.35. The molecule has 0 spiro atoms. The first-order valence-corrected chi connectivity index (χ1v) is 3.80. The molecule has 0 amide bonds. The third-order valence-corrected chi connectivity index (χ3v) is 1.43. The van der Waals surface area contributed by atoms with E-state index >= 15 is 0 Å². The van der Waals surface area contributed by atoms with Gasteiger partial charge in [0.15, 0.2) is 0 Å². The minimum Gasteiger partial charge on any atom is -0.0958 e. The molecule has 0 fully saturated rings. The summed E-state index contributed by atoms with van der Waals surface area (Å²) in [4.78, 5) is 0. The predicted octanol–water partition coefficient (Wildman–Crippen LogP) is 3.64. The van der Waals surface area contributed by atoms with Crippen LogP contribution in [0.3, 0.4) is 0 Å². The average Bonchev–Trinajstić information content (AvgIpc) is 1.97. The molecule has 0 aliphatic carbocycles. The van der Waals surface area contributed by atoms with Crippen LogP contribution >= 0.6 is 0 Å². The molecule has 0 aliphatic heterocycles. The van der Waals surface area contributed by atoms with Gasteiger partial charge in [0.05, 0.1) is 0 Å². The summed E-state index contributed by atoms with van der Waals surface area (Å²) in [6.45, 7) is 9.90. The second-order valence-electron chi connectivity index (χ2n) is 2.54. The lowest BCUT2D eigenvalue weighted by molar-refractivity contribution is 1.36. The number of rotatable bonds is 3. The molecule has 0 saturated heterocycles. The van der Waals surface area contributed by atoms with Crippen LogP contribution in [-0.2, 0) is 0 Å². The maximum atomic E-state index is 3.83. The Morgan fingerprint density at radius 1 is 1.09 bits per heavy atom. The minimum absolute atomic E-state index is 1.12. The van der Waals surface area contributed by atoms with Crippen molar-refractivity contribution in [3.8, 4) is 0 Å². The van der Waals surface area contributed by atoms with Crippen LogP contribution in [0.4, 0.5) is 0 Å². The van der Waals surface area contributed by atoms with E-state index in [4.69, 9.17) is 0 Å². The number of hydrogen-bond donors (Lipinski definition) is 0. The SMILES string of the molecule is C=C(C)/C(C)=C/C=C\C=C/C. The van der Waals surface area contributed by atoms with Gasteiger partial charge in [0.25, 0.3) is 0 Å². The van der Waals surface area contributed by atoms with Crippen LogP contribution in [0.15, 0.2) is 48.1 Å². The van der Waals surface area contributed by atoms with E-state index in [1.165, 1.54) is 5.57 Å². The van der Waals surface area contributed by atoms with E-state index in [0.717, 1.165) is 5.57 Å². The lowest BCUT2D eigenvalue weighted by Crippen LogP contribution is -1.72. The molecule has 0 saturated carbocycles. The lowest BCUT2D eigenvalue weighted by Gasteiger charge is -1.93. The van der Waals surface area contributed by atoms with Crippen molar-refractivity contribution in [1.82, 2.24) is 0 Å². The van der Waals surface area contributed by atoms with Crippen LogP contribution in [0, 0.1) is 0 Å². The molecule has 0 rings (SSSR count).